The van der Waals surface area contributed by atoms with Gasteiger partial charge in [0, 0.05) is 17.9 Å². The molecule has 0 saturated heterocycles. The van der Waals surface area contributed by atoms with Gasteiger partial charge in [-0.05, 0) is 45.9 Å². The highest BCUT2D eigenvalue weighted by Gasteiger charge is 2.25. The Morgan fingerprint density at radius 3 is 2.56 bits per heavy atom. The first-order chi connectivity index (χ1) is 12.9. The number of aryl methyl sites for hydroxylation is 2. The molecule has 9 heteroatoms. The number of nitrogens with two attached hydrogens (primary N) is 1. The lowest BCUT2D eigenvalue weighted by molar-refractivity contribution is -0.117. The minimum Gasteiger partial charge on any atom is -0.334 e. The molecule has 1 atom stereocenters. The predicted octanol–water partition coefficient (Wildman–Crippen LogP) is 2.33. The lowest BCUT2D eigenvalue weighted by Gasteiger charge is -2.24. The second kappa shape index (κ2) is 7.83. The molecular weight excluding hydrogens is 362 g/mol. The Kier molecular flexibility index (Phi) is 5.50. The van der Waals surface area contributed by atoms with Crippen LogP contribution in [-0.4, -0.2) is 42.4 Å². The average molecular weight is 385 g/mol. The summed E-state index contributed by atoms with van der Waals surface area (Å²) in [6.07, 6.45) is 0. The van der Waals surface area contributed by atoms with E-state index < -0.39 is 0 Å². The van der Waals surface area contributed by atoms with E-state index in [9.17, 15) is 4.79 Å². The number of thioether (sulfide) groups is 1. The third-order valence-corrected chi connectivity index (χ3v) is 5.17. The molecule has 0 bridgehead atoms. The van der Waals surface area contributed by atoms with Crippen LogP contribution in [0, 0.1) is 13.8 Å². The van der Waals surface area contributed by atoms with Gasteiger partial charge in [0.1, 0.15) is 0 Å². The molecule has 3 rings (SSSR count). The Labute approximate surface area is 162 Å². The molecule has 2 heterocycles. The van der Waals surface area contributed by atoms with E-state index in [0.29, 0.717) is 17.6 Å². The van der Waals surface area contributed by atoms with Crippen molar-refractivity contribution in [3.63, 3.8) is 0 Å². The minimum absolute atomic E-state index is 0.00985. The summed E-state index contributed by atoms with van der Waals surface area (Å²) in [6, 6.07) is 11.5. The van der Waals surface area contributed by atoms with Gasteiger partial charge in [0.25, 0.3) is 5.95 Å². The SMILES string of the molecule is CCN(C(=O)C(C)Sc1nnc(-n2nc(C)cc2C)n1N)c1ccccc1. The van der Waals surface area contributed by atoms with Crippen LogP contribution in [0.1, 0.15) is 25.2 Å². The number of rotatable bonds is 6. The number of carbonyl (C=O) groups excluding carboxylic acids is 1. The Hall–Kier alpha value is -2.81. The zero-order valence-electron chi connectivity index (χ0n) is 15.8. The highest BCUT2D eigenvalue weighted by molar-refractivity contribution is 8.00. The van der Waals surface area contributed by atoms with Crippen molar-refractivity contribution in [3.05, 3.63) is 47.8 Å². The van der Waals surface area contributed by atoms with Crippen LogP contribution in [0.3, 0.4) is 0 Å². The van der Waals surface area contributed by atoms with Crippen LogP contribution in [-0.2, 0) is 4.79 Å². The number of amides is 1. The maximum absolute atomic E-state index is 12.9. The van der Waals surface area contributed by atoms with E-state index in [-0.39, 0.29) is 11.2 Å². The molecule has 8 nitrogen and oxygen atoms in total. The van der Waals surface area contributed by atoms with Gasteiger partial charge in [0.05, 0.1) is 10.9 Å². The van der Waals surface area contributed by atoms with Crippen LogP contribution in [0.4, 0.5) is 5.69 Å². The number of hydrogen-bond acceptors (Lipinski definition) is 6. The molecule has 0 radical (unpaired) electrons. The highest BCUT2D eigenvalue weighted by atomic mass is 32.2. The first-order valence-corrected chi connectivity index (χ1v) is 9.57. The van der Waals surface area contributed by atoms with Crippen molar-refractivity contribution in [3.8, 4) is 5.95 Å². The summed E-state index contributed by atoms with van der Waals surface area (Å²) >= 11 is 1.28. The highest BCUT2D eigenvalue weighted by Crippen LogP contribution is 2.25. The molecule has 2 N–H and O–H groups in total. The van der Waals surface area contributed by atoms with Crippen molar-refractivity contribution in [1.82, 2.24) is 24.7 Å². The van der Waals surface area contributed by atoms with E-state index in [2.05, 4.69) is 15.3 Å². The van der Waals surface area contributed by atoms with Gasteiger partial charge in [0.15, 0.2) is 0 Å². The number of para-hydroxylation sites is 1. The maximum Gasteiger partial charge on any atom is 0.271 e. The van der Waals surface area contributed by atoms with Gasteiger partial charge in [-0.15, -0.1) is 10.2 Å². The number of hydrogen-bond donors (Lipinski definition) is 1. The van der Waals surface area contributed by atoms with Gasteiger partial charge in [-0.2, -0.15) is 5.10 Å². The lowest BCUT2D eigenvalue weighted by atomic mass is 10.2. The monoisotopic (exact) mass is 385 g/mol. The summed E-state index contributed by atoms with van der Waals surface area (Å²) in [5.74, 6) is 6.57. The Balaban J connectivity index is 1.79. The Morgan fingerprint density at radius 1 is 1.26 bits per heavy atom. The van der Waals surface area contributed by atoms with E-state index in [0.717, 1.165) is 17.1 Å². The summed E-state index contributed by atoms with van der Waals surface area (Å²) in [7, 11) is 0. The van der Waals surface area contributed by atoms with Crippen LogP contribution in [0.5, 0.6) is 0 Å². The predicted molar refractivity (Wildman–Crippen MR) is 107 cm³/mol. The minimum atomic E-state index is -0.370. The largest absolute Gasteiger partial charge is 0.334 e. The number of nitrogen functional groups attached to an aromatic ring is 1. The van der Waals surface area contributed by atoms with Crippen LogP contribution < -0.4 is 10.7 Å². The normalized spacial score (nSPS) is 12.1. The number of benzene rings is 1. The van der Waals surface area contributed by atoms with E-state index in [1.165, 1.54) is 16.4 Å². The van der Waals surface area contributed by atoms with Crippen LogP contribution in [0.25, 0.3) is 5.95 Å². The van der Waals surface area contributed by atoms with Gasteiger partial charge in [0.2, 0.25) is 11.1 Å². The Morgan fingerprint density at radius 2 is 1.96 bits per heavy atom. The summed E-state index contributed by atoms with van der Waals surface area (Å²) in [5, 5.41) is 12.7. The van der Waals surface area contributed by atoms with Gasteiger partial charge >= 0.3 is 0 Å². The summed E-state index contributed by atoms with van der Waals surface area (Å²) < 4.78 is 3.01. The smallest absolute Gasteiger partial charge is 0.271 e. The van der Waals surface area contributed by atoms with Crippen LogP contribution in [0.2, 0.25) is 0 Å². The number of aromatic nitrogens is 5. The number of nitrogens with zero attached hydrogens (tertiary/aromatic N) is 6. The molecule has 0 fully saturated rings. The molecule has 1 amide bonds. The van der Waals surface area contributed by atoms with Crippen molar-refractivity contribution < 1.29 is 4.79 Å². The molecular formula is C18H23N7OS. The van der Waals surface area contributed by atoms with Gasteiger partial charge in [-0.3, -0.25) is 4.79 Å². The quantitative estimate of drug-likeness (QED) is 0.517. The summed E-state index contributed by atoms with van der Waals surface area (Å²) in [5.41, 5.74) is 2.65. The first-order valence-electron chi connectivity index (χ1n) is 8.69. The molecule has 2 aromatic heterocycles. The molecule has 0 aliphatic heterocycles. The molecule has 3 aromatic rings. The number of carbonyl (C=O) groups is 1. The topological polar surface area (TPSA) is 94.9 Å². The van der Waals surface area contributed by atoms with E-state index in [1.807, 2.05) is 64.1 Å². The molecule has 142 valence electrons. The first kappa shape index (κ1) is 19.0. The summed E-state index contributed by atoms with van der Waals surface area (Å²) in [6.45, 7) is 8.21. The molecule has 0 spiro atoms. The van der Waals surface area contributed by atoms with Gasteiger partial charge in [-0.25, -0.2) is 9.36 Å². The van der Waals surface area contributed by atoms with Crippen molar-refractivity contribution in [2.24, 2.45) is 0 Å². The fourth-order valence-electron chi connectivity index (χ4n) is 2.83. The van der Waals surface area contributed by atoms with E-state index >= 15 is 0 Å². The average Bonchev–Trinajstić information content (AvgIpc) is 3.18. The molecule has 1 aromatic carbocycles. The van der Waals surface area contributed by atoms with E-state index in [4.69, 9.17) is 5.84 Å². The zero-order chi connectivity index (χ0) is 19.6. The molecule has 0 aliphatic carbocycles. The van der Waals surface area contributed by atoms with Crippen LogP contribution in [0.15, 0.2) is 41.6 Å². The third kappa shape index (κ3) is 3.82. The standard InChI is InChI=1S/C18H23N7OS/c1-5-23(15-9-7-6-8-10-15)16(26)14(4)27-18-21-20-17(24(18)19)25-13(3)11-12(2)22-25/h6-11,14H,5,19H2,1-4H3. The van der Waals surface area contributed by atoms with Gasteiger partial charge < -0.3 is 10.7 Å². The number of anilines is 1. The Bertz CT molecular complexity index is 935. The zero-order valence-corrected chi connectivity index (χ0v) is 16.6. The summed E-state index contributed by atoms with van der Waals surface area (Å²) in [4.78, 5) is 14.7. The van der Waals surface area contributed by atoms with Crippen molar-refractivity contribution >= 4 is 23.4 Å². The molecule has 27 heavy (non-hydrogen) atoms. The fraction of sp³-hybridized carbons (Fsp3) is 0.333. The van der Waals surface area contributed by atoms with Gasteiger partial charge in [-0.1, -0.05) is 30.0 Å². The van der Waals surface area contributed by atoms with Crippen LogP contribution >= 0.6 is 11.8 Å². The molecule has 0 aliphatic rings. The second-order valence-electron chi connectivity index (χ2n) is 6.17. The van der Waals surface area contributed by atoms with Crippen molar-refractivity contribution in [2.45, 2.75) is 38.1 Å². The fourth-order valence-corrected chi connectivity index (χ4v) is 3.65. The second-order valence-corrected chi connectivity index (χ2v) is 7.48. The van der Waals surface area contributed by atoms with Crippen molar-refractivity contribution in [1.29, 1.82) is 0 Å². The maximum atomic E-state index is 12.9. The van der Waals surface area contributed by atoms with E-state index in [1.54, 1.807) is 9.58 Å². The van der Waals surface area contributed by atoms with Crippen molar-refractivity contribution in [2.75, 3.05) is 17.3 Å². The molecule has 1 unspecified atom stereocenters. The molecule has 0 saturated carbocycles. The lowest BCUT2D eigenvalue weighted by Crippen LogP contribution is -2.36. The third-order valence-electron chi connectivity index (χ3n) is 4.13.